The monoisotopic (exact) mass is 485 g/mol. The molecule has 0 aromatic carbocycles. The van der Waals surface area contributed by atoms with Gasteiger partial charge < -0.3 is 24.8 Å². The van der Waals surface area contributed by atoms with Crippen molar-refractivity contribution in [3.63, 3.8) is 0 Å². The minimum atomic E-state index is -1.33. The van der Waals surface area contributed by atoms with Crippen molar-refractivity contribution in [1.82, 2.24) is 14.9 Å². The maximum atomic E-state index is 12.9. The third-order valence-electron chi connectivity index (χ3n) is 4.49. The number of ether oxygens (including phenoxy) is 1. The molecule has 3 N–H and O–H groups in total. The highest BCUT2D eigenvalue weighted by Gasteiger charge is 2.54. The summed E-state index contributed by atoms with van der Waals surface area (Å²) >= 11 is 2.23. The molecule has 0 unspecified atom stereocenters. The Morgan fingerprint density at radius 3 is 2.69 bits per heavy atom. The van der Waals surface area contributed by atoms with Gasteiger partial charge in [-0.15, -0.1) is 23.1 Å². The van der Waals surface area contributed by atoms with Gasteiger partial charge in [-0.3, -0.25) is 24.7 Å². The Kier molecular flexibility index (Phi) is 6.88. The molecule has 0 spiro atoms. The van der Waals surface area contributed by atoms with Crippen molar-refractivity contribution in [2.24, 2.45) is 5.16 Å². The molecule has 172 valence electrons. The molecule has 2 aliphatic rings. The Hall–Kier alpha value is -3.33. The number of aromatic nitrogens is 1. The van der Waals surface area contributed by atoms with Gasteiger partial charge in [0.25, 0.3) is 11.8 Å². The van der Waals surface area contributed by atoms with Crippen molar-refractivity contribution in [2.75, 3.05) is 26.6 Å². The van der Waals surface area contributed by atoms with E-state index in [0.29, 0.717) is 0 Å². The number of carboxylic acid groups (broad SMARTS) is 1. The van der Waals surface area contributed by atoms with E-state index in [1.165, 1.54) is 38.3 Å². The summed E-state index contributed by atoms with van der Waals surface area (Å²) in [6, 6.07) is -1.01. The van der Waals surface area contributed by atoms with Gasteiger partial charge in [0.2, 0.25) is 4.80 Å². The molecule has 0 radical (unpaired) electrons. The summed E-state index contributed by atoms with van der Waals surface area (Å²) in [5.74, 6) is -3.10. The molecule has 2 aliphatic heterocycles. The minimum Gasteiger partial charge on any atom is -0.477 e. The van der Waals surface area contributed by atoms with Crippen molar-refractivity contribution in [1.29, 1.82) is 5.41 Å². The van der Waals surface area contributed by atoms with Crippen LogP contribution in [0.3, 0.4) is 0 Å². The first-order valence-electron chi connectivity index (χ1n) is 8.96. The number of oxime groups is 1. The topological polar surface area (TPSA) is 173 Å². The molecule has 2 amide bonds. The van der Waals surface area contributed by atoms with Crippen LogP contribution in [0.25, 0.3) is 0 Å². The SMILES string of the molecule is CON=C(C(=O)N[C@@H]1C(=O)N2C(C(=O)O)=C(COC(C)=O)CS[C@@H]12)c1csc(=N)n1OC. The Morgan fingerprint density at radius 2 is 2.09 bits per heavy atom. The number of thioether (sulfide) groups is 1. The van der Waals surface area contributed by atoms with Crippen LogP contribution < -0.4 is 15.0 Å². The molecule has 2 atom stereocenters. The molecule has 15 heteroatoms. The summed E-state index contributed by atoms with van der Waals surface area (Å²) in [5, 5.41) is 24.5. The molecule has 3 rings (SSSR count). The van der Waals surface area contributed by atoms with Crippen LogP contribution in [0.5, 0.6) is 0 Å². The van der Waals surface area contributed by atoms with Gasteiger partial charge in [0.1, 0.15) is 43.6 Å². The maximum absolute atomic E-state index is 12.9. The van der Waals surface area contributed by atoms with E-state index < -0.39 is 35.2 Å². The zero-order valence-electron chi connectivity index (χ0n) is 17.1. The zero-order valence-corrected chi connectivity index (χ0v) is 18.7. The van der Waals surface area contributed by atoms with E-state index in [2.05, 4.69) is 10.5 Å². The summed E-state index contributed by atoms with van der Waals surface area (Å²) in [6.45, 7) is 0.955. The first-order valence-corrected chi connectivity index (χ1v) is 10.9. The van der Waals surface area contributed by atoms with Gasteiger partial charge in [-0.05, 0) is 0 Å². The molecule has 13 nitrogen and oxygen atoms in total. The smallest absolute Gasteiger partial charge is 0.352 e. The predicted molar refractivity (Wildman–Crippen MR) is 111 cm³/mol. The predicted octanol–water partition coefficient (Wildman–Crippen LogP) is -1.26. The average molecular weight is 486 g/mol. The number of esters is 1. The van der Waals surface area contributed by atoms with Gasteiger partial charge in [0.05, 0.1) is 0 Å². The summed E-state index contributed by atoms with van der Waals surface area (Å²) < 4.78 is 5.96. The number of nitrogens with zero attached hydrogens (tertiary/aromatic N) is 3. The summed E-state index contributed by atoms with van der Waals surface area (Å²) in [4.78, 5) is 59.3. The van der Waals surface area contributed by atoms with Crippen LogP contribution in [0, 0.1) is 5.41 Å². The summed E-state index contributed by atoms with van der Waals surface area (Å²) in [7, 11) is 2.55. The van der Waals surface area contributed by atoms with Crippen molar-refractivity contribution < 1.29 is 38.7 Å². The maximum Gasteiger partial charge on any atom is 0.352 e. The summed E-state index contributed by atoms with van der Waals surface area (Å²) in [6.07, 6.45) is 0. The van der Waals surface area contributed by atoms with E-state index in [-0.39, 0.29) is 39.8 Å². The largest absolute Gasteiger partial charge is 0.477 e. The molecular formula is C17H19N5O8S2. The van der Waals surface area contributed by atoms with E-state index in [1.807, 2.05) is 0 Å². The third kappa shape index (κ3) is 4.20. The molecule has 32 heavy (non-hydrogen) atoms. The second-order valence-electron chi connectivity index (χ2n) is 6.42. The summed E-state index contributed by atoms with van der Waals surface area (Å²) in [5.41, 5.74) is -0.0430. The number of carbonyl (C=O) groups excluding carboxylic acids is 3. The van der Waals surface area contributed by atoms with Crippen molar-refractivity contribution in [2.45, 2.75) is 18.3 Å². The lowest BCUT2D eigenvalue weighted by atomic mass is 10.0. The minimum absolute atomic E-state index is 0.00406. The van der Waals surface area contributed by atoms with E-state index in [0.717, 1.165) is 21.0 Å². The first kappa shape index (κ1) is 23.3. The van der Waals surface area contributed by atoms with E-state index in [1.54, 1.807) is 0 Å². The highest BCUT2D eigenvalue weighted by molar-refractivity contribution is 8.00. The number of fused-ring (bicyclic) bond motifs is 1. The fraction of sp³-hybridized carbons (Fsp3) is 0.412. The van der Waals surface area contributed by atoms with Gasteiger partial charge in [-0.1, -0.05) is 5.16 Å². The standard InChI is InChI=1S/C17H19N5O8S2/c1-7(23)30-4-8-5-31-15-11(14(25)21(15)12(8)16(26)27)19-13(24)10(20-28-2)9-6-32-17(18)22(9)29-3/h6,11,15,18H,4-5H2,1-3H3,(H,19,24)(H,26,27)/t11-,15+/m1/s1. The van der Waals surface area contributed by atoms with Gasteiger partial charge in [0, 0.05) is 23.6 Å². The molecule has 1 fully saturated rings. The number of thiazole rings is 1. The van der Waals surface area contributed by atoms with Crippen LogP contribution >= 0.6 is 23.1 Å². The van der Waals surface area contributed by atoms with Gasteiger partial charge >= 0.3 is 11.9 Å². The number of β-lactam (4-membered cyclic amide) rings is 1. The number of amides is 2. The normalized spacial score (nSPS) is 20.3. The van der Waals surface area contributed by atoms with Gasteiger partial charge in [-0.2, -0.15) is 4.73 Å². The van der Waals surface area contributed by atoms with Crippen LogP contribution in [0.2, 0.25) is 0 Å². The molecule has 1 aromatic heterocycles. The van der Waals surface area contributed by atoms with E-state index >= 15 is 0 Å². The van der Waals surface area contributed by atoms with Gasteiger partial charge in [-0.25, -0.2) is 4.79 Å². The van der Waals surface area contributed by atoms with Crippen LogP contribution in [-0.2, 0) is 28.8 Å². The molecule has 0 bridgehead atoms. The van der Waals surface area contributed by atoms with Crippen LogP contribution in [0.4, 0.5) is 0 Å². The Labute approximate surface area is 189 Å². The molecule has 3 heterocycles. The van der Waals surface area contributed by atoms with Crippen molar-refractivity contribution >= 4 is 52.6 Å². The van der Waals surface area contributed by atoms with Crippen molar-refractivity contribution in [3.05, 3.63) is 27.1 Å². The van der Waals surface area contributed by atoms with Gasteiger partial charge in [0.15, 0.2) is 5.71 Å². The number of hydrogen-bond donors (Lipinski definition) is 3. The number of aliphatic carboxylic acids is 1. The quantitative estimate of drug-likeness (QED) is 0.176. The lowest BCUT2D eigenvalue weighted by Crippen LogP contribution is -2.71. The molecule has 1 aromatic rings. The van der Waals surface area contributed by atoms with Crippen LogP contribution in [-0.4, -0.2) is 82.2 Å². The third-order valence-corrected chi connectivity index (χ3v) is 6.56. The number of rotatable bonds is 8. The zero-order chi connectivity index (χ0) is 23.6. The average Bonchev–Trinajstić information content (AvgIpc) is 3.12. The van der Waals surface area contributed by atoms with Crippen LogP contribution in [0.1, 0.15) is 12.6 Å². The van der Waals surface area contributed by atoms with Crippen LogP contribution in [0.15, 0.2) is 21.8 Å². The van der Waals surface area contributed by atoms with E-state index in [4.69, 9.17) is 19.8 Å². The number of nitrogens with one attached hydrogen (secondary N) is 2. The molecule has 0 aliphatic carbocycles. The second kappa shape index (κ2) is 9.44. The molecule has 0 saturated carbocycles. The molecule has 1 saturated heterocycles. The van der Waals surface area contributed by atoms with Crippen molar-refractivity contribution in [3.8, 4) is 0 Å². The lowest BCUT2D eigenvalue weighted by molar-refractivity contribution is -0.150. The first-order chi connectivity index (χ1) is 15.2. The highest BCUT2D eigenvalue weighted by Crippen LogP contribution is 2.40. The number of hydrogen-bond acceptors (Lipinski definition) is 11. The second-order valence-corrected chi connectivity index (χ2v) is 8.39. The number of carbonyl (C=O) groups is 4. The Morgan fingerprint density at radius 1 is 1.38 bits per heavy atom. The molecular weight excluding hydrogens is 466 g/mol. The highest BCUT2D eigenvalue weighted by atomic mass is 32.2. The lowest BCUT2D eigenvalue weighted by Gasteiger charge is -2.49. The number of carboxylic acids is 1. The fourth-order valence-corrected chi connectivity index (χ4v) is 5.17. The Bertz CT molecular complexity index is 1090. The fourth-order valence-electron chi connectivity index (χ4n) is 3.14. The Balaban J connectivity index is 1.81. The van der Waals surface area contributed by atoms with E-state index in [9.17, 15) is 24.3 Å².